The number of carbonyl (C=O) groups excluding carboxylic acids is 1. The van der Waals surface area contributed by atoms with Crippen LogP contribution in [0.4, 0.5) is 10.1 Å². The highest BCUT2D eigenvalue weighted by molar-refractivity contribution is 7.99. The highest BCUT2D eigenvalue weighted by Crippen LogP contribution is 2.25. The summed E-state index contributed by atoms with van der Waals surface area (Å²) < 4.78 is 20.8. The average molecular weight is 415 g/mol. The van der Waals surface area contributed by atoms with Gasteiger partial charge in [-0.1, -0.05) is 30.0 Å². The van der Waals surface area contributed by atoms with Gasteiger partial charge in [-0.3, -0.25) is 4.79 Å². The molecule has 0 aliphatic carbocycles. The second kappa shape index (κ2) is 9.56. The molecule has 3 rings (SSSR count). The van der Waals surface area contributed by atoms with Gasteiger partial charge in [0, 0.05) is 12.2 Å². The lowest BCUT2D eigenvalue weighted by Gasteiger charge is -2.15. The molecule has 1 N–H and O–H groups in total. The molecular formula is C21H23FN4O2S. The predicted octanol–water partition coefficient (Wildman–Crippen LogP) is 4.62. The maximum atomic E-state index is 13.1. The van der Waals surface area contributed by atoms with E-state index >= 15 is 0 Å². The van der Waals surface area contributed by atoms with Gasteiger partial charge in [0.2, 0.25) is 5.91 Å². The highest BCUT2D eigenvalue weighted by atomic mass is 32.2. The summed E-state index contributed by atoms with van der Waals surface area (Å²) in [6, 6.07) is 13.5. The number of rotatable bonds is 8. The maximum absolute atomic E-state index is 13.1. The summed E-state index contributed by atoms with van der Waals surface area (Å²) >= 11 is 1.32. The van der Waals surface area contributed by atoms with Crippen molar-refractivity contribution in [2.45, 2.75) is 38.6 Å². The van der Waals surface area contributed by atoms with Crippen molar-refractivity contribution in [2.24, 2.45) is 0 Å². The molecule has 1 heterocycles. The zero-order chi connectivity index (χ0) is 20.8. The lowest BCUT2D eigenvalue weighted by atomic mass is 10.2. The molecule has 1 atom stereocenters. The van der Waals surface area contributed by atoms with Crippen LogP contribution < -0.4 is 10.1 Å². The molecule has 1 unspecified atom stereocenters. The van der Waals surface area contributed by atoms with Gasteiger partial charge < -0.3 is 14.6 Å². The van der Waals surface area contributed by atoms with Gasteiger partial charge >= 0.3 is 0 Å². The molecule has 1 amide bonds. The Morgan fingerprint density at radius 3 is 2.62 bits per heavy atom. The van der Waals surface area contributed by atoms with Gasteiger partial charge in [-0.2, -0.15) is 0 Å². The number of nitrogens with zero attached hydrogens (tertiary/aromatic N) is 3. The summed E-state index contributed by atoms with van der Waals surface area (Å²) in [4.78, 5) is 12.3. The Kier molecular flexibility index (Phi) is 6.87. The number of carbonyl (C=O) groups is 1. The Labute approximate surface area is 173 Å². The lowest BCUT2D eigenvalue weighted by molar-refractivity contribution is -0.113. The molecule has 0 radical (unpaired) electrons. The van der Waals surface area contributed by atoms with Gasteiger partial charge in [-0.05, 0) is 56.7 Å². The fraction of sp³-hybridized carbons (Fsp3) is 0.286. The van der Waals surface area contributed by atoms with E-state index in [2.05, 4.69) is 15.5 Å². The second-order valence-electron chi connectivity index (χ2n) is 6.45. The van der Waals surface area contributed by atoms with Crippen molar-refractivity contribution in [3.05, 3.63) is 65.7 Å². The fourth-order valence-corrected chi connectivity index (χ4v) is 3.61. The standard InChI is InChI=1S/C21H23FN4O2S/c1-4-26-20(15(3)28-17-11-9-16(22)10-12-17)24-25-21(26)29-13-19(27)23-18-8-6-5-7-14(18)2/h5-12,15H,4,13H2,1-3H3,(H,23,27). The Morgan fingerprint density at radius 2 is 1.93 bits per heavy atom. The molecular weight excluding hydrogens is 391 g/mol. The quantitative estimate of drug-likeness (QED) is 0.545. The number of anilines is 1. The molecule has 6 nitrogen and oxygen atoms in total. The van der Waals surface area contributed by atoms with E-state index in [1.165, 1.54) is 23.9 Å². The van der Waals surface area contributed by atoms with Gasteiger partial charge in [0.05, 0.1) is 5.75 Å². The molecule has 0 fully saturated rings. The van der Waals surface area contributed by atoms with E-state index in [-0.39, 0.29) is 23.6 Å². The van der Waals surface area contributed by atoms with E-state index in [9.17, 15) is 9.18 Å². The zero-order valence-corrected chi connectivity index (χ0v) is 17.4. The minimum Gasteiger partial charge on any atom is -0.483 e. The van der Waals surface area contributed by atoms with Gasteiger partial charge in [0.25, 0.3) is 0 Å². The largest absolute Gasteiger partial charge is 0.483 e. The number of para-hydroxylation sites is 1. The van der Waals surface area contributed by atoms with Crippen LogP contribution in [0.3, 0.4) is 0 Å². The lowest BCUT2D eigenvalue weighted by Crippen LogP contribution is -2.16. The van der Waals surface area contributed by atoms with Gasteiger partial charge in [0.15, 0.2) is 17.1 Å². The van der Waals surface area contributed by atoms with Gasteiger partial charge in [-0.25, -0.2) is 4.39 Å². The van der Waals surface area contributed by atoms with Crippen molar-refractivity contribution in [1.82, 2.24) is 14.8 Å². The fourth-order valence-electron chi connectivity index (χ4n) is 2.80. The molecule has 29 heavy (non-hydrogen) atoms. The van der Waals surface area contributed by atoms with Crippen molar-refractivity contribution in [3.8, 4) is 5.75 Å². The SMILES string of the molecule is CCn1c(SCC(=O)Nc2ccccc2C)nnc1C(C)Oc1ccc(F)cc1. The van der Waals surface area contributed by atoms with Crippen molar-refractivity contribution in [3.63, 3.8) is 0 Å². The first kappa shape index (κ1) is 20.9. The summed E-state index contributed by atoms with van der Waals surface area (Å²) in [5.74, 6) is 1.01. The number of thioether (sulfide) groups is 1. The third kappa shape index (κ3) is 5.35. The van der Waals surface area contributed by atoms with Gasteiger partial charge in [-0.15, -0.1) is 10.2 Å². The van der Waals surface area contributed by atoms with E-state index in [0.29, 0.717) is 23.3 Å². The topological polar surface area (TPSA) is 69.0 Å². The molecule has 0 aliphatic heterocycles. The van der Waals surface area contributed by atoms with E-state index in [0.717, 1.165) is 11.3 Å². The van der Waals surface area contributed by atoms with Crippen LogP contribution in [0.5, 0.6) is 5.75 Å². The first-order valence-corrected chi connectivity index (χ1v) is 10.3. The number of amides is 1. The molecule has 0 spiro atoms. The zero-order valence-electron chi connectivity index (χ0n) is 16.6. The smallest absolute Gasteiger partial charge is 0.234 e. The molecule has 0 aliphatic rings. The summed E-state index contributed by atoms with van der Waals surface area (Å²) in [6.07, 6.45) is -0.372. The Hall–Kier alpha value is -2.87. The van der Waals surface area contributed by atoms with Crippen LogP contribution in [0.15, 0.2) is 53.7 Å². The highest BCUT2D eigenvalue weighted by Gasteiger charge is 2.19. The molecule has 1 aromatic heterocycles. The van der Waals surface area contributed by atoms with Crippen LogP contribution in [0.25, 0.3) is 0 Å². The number of nitrogens with one attached hydrogen (secondary N) is 1. The molecule has 152 valence electrons. The first-order valence-electron chi connectivity index (χ1n) is 9.31. The monoisotopic (exact) mass is 414 g/mol. The van der Waals surface area contributed by atoms with Crippen LogP contribution in [-0.2, 0) is 11.3 Å². The molecule has 3 aromatic rings. The Bertz CT molecular complexity index is 975. The summed E-state index contributed by atoms with van der Waals surface area (Å²) in [6.45, 7) is 6.43. The second-order valence-corrected chi connectivity index (χ2v) is 7.39. The van der Waals surface area contributed by atoms with E-state index in [1.807, 2.05) is 49.6 Å². The van der Waals surface area contributed by atoms with Crippen molar-refractivity contribution >= 4 is 23.4 Å². The minimum absolute atomic E-state index is 0.105. The number of halogens is 1. The van der Waals surface area contributed by atoms with E-state index in [4.69, 9.17) is 4.74 Å². The number of benzene rings is 2. The Morgan fingerprint density at radius 1 is 1.21 bits per heavy atom. The number of hydrogen-bond acceptors (Lipinski definition) is 5. The summed E-state index contributed by atoms with van der Waals surface area (Å²) in [7, 11) is 0. The van der Waals surface area contributed by atoms with Crippen LogP contribution in [0.2, 0.25) is 0 Å². The van der Waals surface area contributed by atoms with Crippen LogP contribution in [-0.4, -0.2) is 26.4 Å². The van der Waals surface area contributed by atoms with E-state index < -0.39 is 0 Å². The van der Waals surface area contributed by atoms with E-state index in [1.54, 1.807) is 12.1 Å². The number of ether oxygens (including phenoxy) is 1. The molecule has 0 saturated heterocycles. The number of hydrogen-bond donors (Lipinski definition) is 1. The minimum atomic E-state index is -0.372. The maximum Gasteiger partial charge on any atom is 0.234 e. The van der Waals surface area contributed by atoms with Crippen molar-refractivity contribution in [1.29, 1.82) is 0 Å². The number of aromatic nitrogens is 3. The van der Waals surface area contributed by atoms with Crippen LogP contribution in [0.1, 0.15) is 31.3 Å². The van der Waals surface area contributed by atoms with Crippen molar-refractivity contribution in [2.75, 3.05) is 11.1 Å². The molecule has 0 bridgehead atoms. The normalized spacial score (nSPS) is 11.9. The Balaban J connectivity index is 1.63. The van der Waals surface area contributed by atoms with Crippen LogP contribution >= 0.6 is 11.8 Å². The van der Waals surface area contributed by atoms with Crippen molar-refractivity contribution < 1.29 is 13.9 Å². The first-order chi connectivity index (χ1) is 14.0. The molecule has 0 saturated carbocycles. The average Bonchev–Trinajstić information content (AvgIpc) is 3.13. The molecule has 2 aromatic carbocycles. The third-order valence-corrected chi connectivity index (χ3v) is 5.27. The third-order valence-electron chi connectivity index (χ3n) is 4.30. The molecule has 8 heteroatoms. The predicted molar refractivity (Wildman–Crippen MR) is 112 cm³/mol. The number of aryl methyl sites for hydroxylation is 1. The van der Waals surface area contributed by atoms with Crippen LogP contribution in [0, 0.1) is 12.7 Å². The summed E-state index contributed by atoms with van der Waals surface area (Å²) in [5.41, 5.74) is 1.81. The summed E-state index contributed by atoms with van der Waals surface area (Å²) in [5, 5.41) is 12.0. The van der Waals surface area contributed by atoms with Gasteiger partial charge in [0.1, 0.15) is 11.6 Å².